The molecule has 39 heavy (non-hydrogen) atoms. The zero-order valence-electron chi connectivity index (χ0n) is 22.7. The number of carbonyl (C=O) groups is 2. The van der Waals surface area contributed by atoms with Crippen molar-refractivity contribution >= 4 is 28.5 Å². The number of aromatic nitrogens is 2. The fourth-order valence-electron chi connectivity index (χ4n) is 5.67. The molecule has 2 aromatic heterocycles. The topological polar surface area (TPSA) is 84.6 Å². The summed E-state index contributed by atoms with van der Waals surface area (Å²) >= 11 is 0. The van der Waals surface area contributed by atoms with Crippen molar-refractivity contribution in [1.29, 1.82) is 0 Å². The first kappa shape index (κ1) is 25.1. The SMILES string of the molecule is CN1CCN(c2ccc(-c3cnc4[nH]cc(-c5ccc(C(=O)N(C)C)cc5)c4c3)cc2C2CNC(=O)C2)CC1. The Morgan fingerprint density at radius 1 is 0.974 bits per heavy atom. The number of nitrogens with one attached hydrogen (secondary N) is 2. The lowest BCUT2D eigenvalue weighted by molar-refractivity contribution is -0.119. The van der Waals surface area contributed by atoms with Crippen LogP contribution in [0.4, 0.5) is 5.69 Å². The van der Waals surface area contributed by atoms with Gasteiger partial charge in [0.05, 0.1) is 0 Å². The minimum atomic E-state index is -0.0144. The molecule has 8 nitrogen and oxygen atoms in total. The number of rotatable bonds is 5. The van der Waals surface area contributed by atoms with Crippen LogP contribution in [0.3, 0.4) is 0 Å². The molecule has 0 radical (unpaired) electrons. The lowest BCUT2D eigenvalue weighted by Crippen LogP contribution is -2.44. The monoisotopic (exact) mass is 522 g/mol. The van der Waals surface area contributed by atoms with Crippen LogP contribution in [0.25, 0.3) is 33.3 Å². The van der Waals surface area contributed by atoms with E-state index in [0.29, 0.717) is 18.5 Å². The number of amides is 2. The van der Waals surface area contributed by atoms with Gasteiger partial charge in [0.25, 0.3) is 5.91 Å². The largest absolute Gasteiger partial charge is 0.369 e. The van der Waals surface area contributed by atoms with Crippen LogP contribution < -0.4 is 10.2 Å². The molecule has 0 aliphatic carbocycles. The Labute approximate surface area is 228 Å². The molecule has 2 N–H and O–H groups in total. The molecule has 2 saturated heterocycles. The molecule has 4 aromatic rings. The number of hydrogen-bond acceptors (Lipinski definition) is 5. The molecule has 2 aliphatic rings. The van der Waals surface area contributed by atoms with Crippen LogP contribution in [0.1, 0.15) is 28.3 Å². The number of benzene rings is 2. The van der Waals surface area contributed by atoms with Crippen molar-refractivity contribution in [3.05, 3.63) is 72.1 Å². The van der Waals surface area contributed by atoms with E-state index < -0.39 is 0 Å². The number of fused-ring (bicyclic) bond motifs is 1. The second-order valence-corrected chi connectivity index (χ2v) is 10.9. The third kappa shape index (κ3) is 4.88. The summed E-state index contributed by atoms with van der Waals surface area (Å²) in [5.41, 5.74) is 8.14. The molecule has 2 aliphatic heterocycles. The lowest BCUT2D eigenvalue weighted by atomic mass is 9.91. The number of aromatic amines is 1. The van der Waals surface area contributed by atoms with E-state index in [1.54, 1.807) is 19.0 Å². The smallest absolute Gasteiger partial charge is 0.253 e. The number of piperazine rings is 1. The number of nitrogens with zero attached hydrogens (tertiary/aromatic N) is 4. The van der Waals surface area contributed by atoms with Crippen molar-refractivity contribution in [1.82, 2.24) is 25.1 Å². The third-order valence-corrected chi connectivity index (χ3v) is 8.00. The minimum absolute atomic E-state index is 0.0144. The Morgan fingerprint density at radius 3 is 2.41 bits per heavy atom. The zero-order valence-corrected chi connectivity index (χ0v) is 22.7. The van der Waals surface area contributed by atoms with Crippen LogP contribution in [0, 0.1) is 0 Å². The fraction of sp³-hybridized carbons (Fsp3) is 0.323. The summed E-state index contributed by atoms with van der Waals surface area (Å²) in [5, 5.41) is 4.05. The highest BCUT2D eigenvalue weighted by molar-refractivity contribution is 5.98. The van der Waals surface area contributed by atoms with Gasteiger partial charge in [0.1, 0.15) is 5.65 Å². The highest BCUT2D eigenvalue weighted by Crippen LogP contribution is 2.37. The van der Waals surface area contributed by atoms with Crippen molar-refractivity contribution in [2.24, 2.45) is 0 Å². The van der Waals surface area contributed by atoms with E-state index >= 15 is 0 Å². The molecule has 8 heteroatoms. The number of hydrogen-bond donors (Lipinski definition) is 2. The molecule has 0 spiro atoms. The predicted octanol–water partition coefficient (Wildman–Crippen LogP) is 3.95. The number of H-pyrrole nitrogens is 1. The van der Waals surface area contributed by atoms with Gasteiger partial charge in [0.15, 0.2) is 0 Å². The summed E-state index contributed by atoms with van der Waals surface area (Å²) in [6, 6.07) is 16.6. The first-order valence-corrected chi connectivity index (χ1v) is 13.5. The molecule has 6 rings (SSSR count). The van der Waals surface area contributed by atoms with E-state index in [1.165, 1.54) is 11.3 Å². The van der Waals surface area contributed by atoms with Gasteiger partial charge in [-0.3, -0.25) is 9.59 Å². The first-order chi connectivity index (χ1) is 18.9. The van der Waals surface area contributed by atoms with Crippen molar-refractivity contribution in [3.63, 3.8) is 0 Å². The summed E-state index contributed by atoms with van der Waals surface area (Å²) in [5.74, 6) is 0.266. The standard InChI is InChI=1S/C31H34N6O2/c1-35(2)31(39)21-6-4-20(5-7-21)27-19-34-30-26(27)15-23(17-33-30)22-8-9-28(37-12-10-36(3)11-13-37)25(14-22)24-16-29(38)32-18-24/h4-9,14-15,17,19,24H,10-13,16,18H2,1-3H3,(H,32,38)(H,33,34). The molecule has 0 bridgehead atoms. The second kappa shape index (κ2) is 10.2. The van der Waals surface area contributed by atoms with E-state index in [1.807, 2.05) is 36.7 Å². The number of likely N-dealkylation sites (N-methyl/N-ethyl adjacent to an activating group) is 1. The van der Waals surface area contributed by atoms with E-state index in [4.69, 9.17) is 4.98 Å². The Balaban J connectivity index is 1.36. The van der Waals surface area contributed by atoms with Gasteiger partial charge in [-0.1, -0.05) is 18.2 Å². The van der Waals surface area contributed by atoms with E-state index in [0.717, 1.165) is 59.5 Å². The number of anilines is 1. The maximum Gasteiger partial charge on any atom is 0.253 e. The van der Waals surface area contributed by atoms with Gasteiger partial charge in [0.2, 0.25) is 5.91 Å². The van der Waals surface area contributed by atoms with Gasteiger partial charge >= 0.3 is 0 Å². The van der Waals surface area contributed by atoms with Crippen LogP contribution in [0.2, 0.25) is 0 Å². The maximum atomic E-state index is 12.3. The van der Waals surface area contributed by atoms with E-state index in [2.05, 4.69) is 51.4 Å². The Bertz CT molecular complexity index is 1530. The molecule has 4 heterocycles. The number of carbonyl (C=O) groups excluding carboxylic acids is 2. The van der Waals surface area contributed by atoms with Crippen molar-refractivity contribution in [2.45, 2.75) is 12.3 Å². The van der Waals surface area contributed by atoms with Crippen LogP contribution in [0.5, 0.6) is 0 Å². The molecule has 2 amide bonds. The maximum absolute atomic E-state index is 12.3. The Kier molecular flexibility index (Phi) is 6.56. The number of pyridine rings is 1. The quantitative estimate of drug-likeness (QED) is 0.415. The van der Waals surface area contributed by atoms with Crippen LogP contribution in [-0.2, 0) is 4.79 Å². The molecule has 2 fully saturated rings. The summed E-state index contributed by atoms with van der Waals surface area (Å²) in [6.45, 7) is 4.70. The van der Waals surface area contributed by atoms with E-state index in [-0.39, 0.29) is 17.7 Å². The fourth-order valence-corrected chi connectivity index (χ4v) is 5.67. The average Bonchev–Trinajstić information content (AvgIpc) is 3.59. The highest BCUT2D eigenvalue weighted by Gasteiger charge is 2.28. The molecule has 2 aromatic carbocycles. The predicted molar refractivity (Wildman–Crippen MR) is 155 cm³/mol. The van der Waals surface area contributed by atoms with Gasteiger partial charge in [-0.25, -0.2) is 4.98 Å². The van der Waals surface area contributed by atoms with Gasteiger partial charge in [-0.05, 0) is 54.1 Å². The lowest BCUT2D eigenvalue weighted by Gasteiger charge is -2.36. The highest BCUT2D eigenvalue weighted by atomic mass is 16.2. The summed E-state index contributed by atoms with van der Waals surface area (Å²) < 4.78 is 0. The summed E-state index contributed by atoms with van der Waals surface area (Å²) in [6.07, 6.45) is 4.41. The first-order valence-electron chi connectivity index (χ1n) is 13.5. The molecular formula is C31H34N6O2. The Hall–Kier alpha value is -4.17. The van der Waals surface area contributed by atoms with Crippen molar-refractivity contribution in [2.75, 3.05) is 58.8 Å². The normalized spacial score (nSPS) is 18.0. The molecule has 200 valence electrons. The minimum Gasteiger partial charge on any atom is -0.369 e. The van der Waals surface area contributed by atoms with Gasteiger partial charge in [-0.2, -0.15) is 0 Å². The Morgan fingerprint density at radius 2 is 1.72 bits per heavy atom. The van der Waals surface area contributed by atoms with Gasteiger partial charge in [-0.15, -0.1) is 0 Å². The molecular weight excluding hydrogens is 488 g/mol. The summed E-state index contributed by atoms with van der Waals surface area (Å²) in [7, 11) is 5.68. The van der Waals surface area contributed by atoms with Crippen molar-refractivity contribution < 1.29 is 9.59 Å². The summed E-state index contributed by atoms with van der Waals surface area (Å²) in [4.78, 5) is 38.9. The third-order valence-electron chi connectivity index (χ3n) is 8.00. The van der Waals surface area contributed by atoms with Crippen LogP contribution >= 0.6 is 0 Å². The van der Waals surface area contributed by atoms with Gasteiger partial charge in [0, 0.05) is 99.3 Å². The zero-order chi connectivity index (χ0) is 27.1. The van der Waals surface area contributed by atoms with E-state index in [9.17, 15) is 9.59 Å². The van der Waals surface area contributed by atoms with Crippen LogP contribution in [-0.4, -0.2) is 85.4 Å². The van der Waals surface area contributed by atoms with Gasteiger partial charge < -0.3 is 25.0 Å². The second-order valence-electron chi connectivity index (χ2n) is 10.9. The molecule has 1 atom stereocenters. The van der Waals surface area contributed by atoms with Crippen molar-refractivity contribution in [3.8, 4) is 22.3 Å². The van der Waals surface area contributed by atoms with Crippen LogP contribution in [0.15, 0.2) is 60.9 Å². The average molecular weight is 523 g/mol. The molecule has 0 saturated carbocycles. The molecule has 1 unspecified atom stereocenters.